The molecule has 0 amide bonds. The smallest absolute Gasteiger partial charge is 0.154 e. The Hall–Kier alpha value is -0.760. The van der Waals surface area contributed by atoms with E-state index in [0.29, 0.717) is 34.9 Å². The topological polar surface area (TPSA) is 57.9 Å². The van der Waals surface area contributed by atoms with E-state index in [9.17, 15) is 8.42 Å². The van der Waals surface area contributed by atoms with E-state index in [4.69, 9.17) is 28.5 Å². The van der Waals surface area contributed by atoms with Crippen LogP contribution < -0.4 is 0 Å². The van der Waals surface area contributed by atoms with Gasteiger partial charge in [-0.2, -0.15) is 5.26 Å². The third-order valence-corrected chi connectivity index (χ3v) is 4.79. The minimum atomic E-state index is -3.16. The third kappa shape index (κ3) is 5.26. The van der Waals surface area contributed by atoms with E-state index in [0.717, 1.165) is 0 Å². The van der Waals surface area contributed by atoms with Gasteiger partial charge >= 0.3 is 0 Å². The van der Waals surface area contributed by atoms with Gasteiger partial charge in [0.15, 0.2) is 9.84 Å². The minimum Gasteiger partial charge on any atom is -0.228 e. The van der Waals surface area contributed by atoms with Crippen LogP contribution in [0.5, 0.6) is 0 Å². The standard InChI is InChI=1S/C12H13Cl2NO2S/c13-11-5-4-10(8-12(11)14)9-18(16,17)7-3-1-2-6-15/h4-5,8H,1-3,7,9H2. The summed E-state index contributed by atoms with van der Waals surface area (Å²) in [5.41, 5.74) is 0.629. The van der Waals surface area contributed by atoms with Crippen molar-refractivity contribution in [3.63, 3.8) is 0 Å². The van der Waals surface area contributed by atoms with Crippen molar-refractivity contribution < 1.29 is 8.42 Å². The monoisotopic (exact) mass is 305 g/mol. The molecule has 3 nitrogen and oxygen atoms in total. The van der Waals surface area contributed by atoms with Crippen LogP contribution in [0.3, 0.4) is 0 Å². The van der Waals surface area contributed by atoms with Gasteiger partial charge in [-0.3, -0.25) is 0 Å². The molecule has 0 atom stereocenters. The maximum Gasteiger partial charge on any atom is 0.154 e. The molecule has 1 aromatic rings. The number of hydrogen-bond donors (Lipinski definition) is 0. The summed E-state index contributed by atoms with van der Waals surface area (Å²) in [6, 6.07) is 6.80. The molecule has 0 aliphatic rings. The fourth-order valence-corrected chi connectivity index (χ4v) is 3.28. The van der Waals surface area contributed by atoms with E-state index >= 15 is 0 Å². The van der Waals surface area contributed by atoms with Crippen LogP contribution in [-0.2, 0) is 15.6 Å². The van der Waals surface area contributed by atoms with E-state index in [-0.39, 0.29) is 11.5 Å². The van der Waals surface area contributed by atoms with Crippen LogP contribution in [0.25, 0.3) is 0 Å². The number of halogens is 2. The first kappa shape index (κ1) is 15.3. The van der Waals surface area contributed by atoms with Gasteiger partial charge in [-0.1, -0.05) is 29.3 Å². The molecule has 0 bridgehead atoms. The van der Waals surface area contributed by atoms with E-state index in [2.05, 4.69) is 0 Å². The molecule has 0 aliphatic carbocycles. The van der Waals surface area contributed by atoms with Gasteiger partial charge in [0.25, 0.3) is 0 Å². The average molecular weight is 306 g/mol. The molecule has 18 heavy (non-hydrogen) atoms. The molecular weight excluding hydrogens is 293 g/mol. The number of benzene rings is 1. The van der Waals surface area contributed by atoms with E-state index in [1.807, 2.05) is 6.07 Å². The van der Waals surface area contributed by atoms with Gasteiger partial charge in [0.2, 0.25) is 0 Å². The van der Waals surface area contributed by atoms with Gasteiger partial charge in [0.1, 0.15) is 0 Å². The molecule has 98 valence electrons. The summed E-state index contributed by atoms with van der Waals surface area (Å²) < 4.78 is 23.6. The molecular formula is C12H13Cl2NO2S. The van der Waals surface area contributed by atoms with Gasteiger partial charge in [-0.25, -0.2) is 8.42 Å². The van der Waals surface area contributed by atoms with Crippen molar-refractivity contribution >= 4 is 33.0 Å². The van der Waals surface area contributed by atoms with Gasteiger partial charge in [-0.15, -0.1) is 0 Å². The SMILES string of the molecule is N#CCCCCS(=O)(=O)Cc1ccc(Cl)c(Cl)c1. The summed E-state index contributed by atoms with van der Waals surface area (Å²) in [4.78, 5) is 0. The lowest BCUT2D eigenvalue weighted by molar-refractivity contribution is 0.591. The lowest BCUT2D eigenvalue weighted by Crippen LogP contribution is -2.09. The van der Waals surface area contributed by atoms with Gasteiger partial charge in [-0.05, 0) is 30.5 Å². The Labute approximate surface area is 117 Å². The zero-order valence-corrected chi connectivity index (χ0v) is 12.0. The molecule has 0 N–H and O–H groups in total. The van der Waals surface area contributed by atoms with Crippen molar-refractivity contribution in [2.45, 2.75) is 25.0 Å². The molecule has 0 saturated heterocycles. The largest absolute Gasteiger partial charge is 0.228 e. The molecule has 0 heterocycles. The Bertz CT molecular complexity index is 550. The van der Waals surface area contributed by atoms with Crippen LogP contribution in [-0.4, -0.2) is 14.2 Å². The molecule has 1 aromatic carbocycles. The second-order valence-corrected chi connectivity index (χ2v) is 6.95. The molecule has 0 aliphatic heterocycles. The first-order valence-corrected chi connectivity index (χ1v) is 8.03. The van der Waals surface area contributed by atoms with Crippen LogP contribution in [0.2, 0.25) is 10.0 Å². The number of nitriles is 1. The van der Waals surface area contributed by atoms with E-state index in [1.54, 1.807) is 18.2 Å². The molecule has 6 heteroatoms. The van der Waals surface area contributed by atoms with Crippen LogP contribution >= 0.6 is 23.2 Å². The Morgan fingerprint density at radius 1 is 1.17 bits per heavy atom. The van der Waals surface area contributed by atoms with Crippen LogP contribution in [0.15, 0.2) is 18.2 Å². The fraction of sp³-hybridized carbons (Fsp3) is 0.417. The molecule has 0 saturated carbocycles. The Morgan fingerprint density at radius 2 is 1.89 bits per heavy atom. The number of sulfone groups is 1. The Morgan fingerprint density at radius 3 is 2.50 bits per heavy atom. The van der Waals surface area contributed by atoms with Crippen molar-refractivity contribution in [3.05, 3.63) is 33.8 Å². The summed E-state index contributed by atoms with van der Waals surface area (Å²) in [7, 11) is -3.16. The molecule has 0 aromatic heterocycles. The first-order valence-electron chi connectivity index (χ1n) is 5.46. The van der Waals surface area contributed by atoms with Crippen molar-refractivity contribution in [2.24, 2.45) is 0 Å². The maximum absolute atomic E-state index is 11.8. The van der Waals surface area contributed by atoms with Crippen LogP contribution in [0.4, 0.5) is 0 Å². The average Bonchev–Trinajstić information content (AvgIpc) is 2.29. The predicted octanol–water partition coefficient (Wildman–Crippen LogP) is 3.60. The number of hydrogen-bond acceptors (Lipinski definition) is 3. The summed E-state index contributed by atoms with van der Waals surface area (Å²) in [5, 5.41) is 9.13. The molecule has 0 unspecified atom stereocenters. The third-order valence-electron chi connectivity index (χ3n) is 2.36. The minimum absolute atomic E-state index is 0.0452. The Kier molecular flexibility index (Phi) is 5.94. The van der Waals surface area contributed by atoms with Gasteiger partial charge < -0.3 is 0 Å². The van der Waals surface area contributed by atoms with Crippen LogP contribution in [0, 0.1) is 11.3 Å². The highest BCUT2D eigenvalue weighted by Crippen LogP contribution is 2.23. The fourth-order valence-electron chi connectivity index (χ4n) is 1.48. The van der Waals surface area contributed by atoms with Crippen molar-refractivity contribution in [1.82, 2.24) is 0 Å². The lowest BCUT2D eigenvalue weighted by atomic mass is 10.2. The summed E-state index contributed by atoms with van der Waals surface area (Å²) in [5.74, 6) is 0.0470. The van der Waals surface area contributed by atoms with Crippen molar-refractivity contribution in [1.29, 1.82) is 5.26 Å². The molecule has 0 radical (unpaired) electrons. The van der Waals surface area contributed by atoms with E-state index < -0.39 is 9.84 Å². The maximum atomic E-state index is 11.8. The van der Waals surface area contributed by atoms with Gasteiger partial charge in [0.05, 0.1) is 27.6 Å². The van der Waals surface area contributed by atoms with Crippen molar-refractivity contribution in [3.8, 4) is 6.07 Å². The summed E-state index contributed by atoms with van der Waals surface area (Å²) in [6.07, 6.45) is 1.51. The Balaban J connectivity index is 2.60. The highest BCUT2D eigenvalue weighted by Gasteiger charge is 2.12. The zero-order valence-electron chi connectivity index (χ0n) is 9.70. The van der Waals surface area contributed by atoms with Crippen molar-refractivity contribution in [2.75, 3.05) is 5.75 Å². The highest BCUT2D eigenvalue weighted by atomic mass is 35.5. The summed E-state index contributed by atoms with van der Waals surface area (Å²) >= 11 is 11.6. The lowest BCUT2D eigenvalue weighted by Gasteiger charge is -2.05. The number of nitrogens with zero attached hydrogens (tertiary/aromatic N) is 1. The van der Waals surface area contributed by atoms with Gasteiger partial charge in [0, 0.05) is 6.42 Å². The molecule has 1 rings (SSSR count). The quantitative estimate of drug-likeness (QED) is 0.754. The van der Waals surface area contributed by atoms with Crippen LogP contribution in [0.1, 0.15) is 24.8 Å². The summed E-state index contributed by atoms with van der Waals surface area (Å²) in [6.45, 7) is 0. The first-order chi connectivity index (χ1) is 8.44. The molecule has 0 fully saturated rings. The number of unbranched alkanes of at least 4 members (excludes halogenated alkanes) is 2. The zero-order chi connectivity index (χ0) is 13.6. The molecule has 0 spiro atoms. The number of rotatable bonds is 6. The van der Waals surface area contributed by atoms with E-state index in [1.165, 1.54) is 0 Å². The second-order valence-electron chi connectivity index (χ2n) is 3.96. The second kappa shape index (κ2) is 6.98. The highest BCUT2D eigenvalue weighted by molar-refractivity contribution is 7.90. The normalized spacial score (nSPS) is 11.2. The predicted molar refractivity (Wildman–Crippen MR) is 73.4 cm³/mol.